The van der Waals surface area contributed by atoms with Crippen LogP contribution < -0.4 is 4.90 Å². The monoisotopic (exact) mass is 447 g/mol. The number of morpholine rings is 1. The average molecular weight is 448 g/mol. The first-order valence-corrected chi connectivity index (χ1v) is 11.8. The van der Waals surface area contributed by atoms with Gasteiger partial charge in [0, 0.05) is 36.0 Å². The van der Waals surface area contributed by atoms with Gasteiger partial charge in [0.05, 0.1) is 23.7 Å². The minimum absolute atomic E-state index is 0.149. The molecule has 0 radical (unpaired) electrons. The Bertz CT molecular complexity index is 1150. The summed E-state index contributed by atoms with van der Waals surface area (Å²) in [6, 6.07) is 18.0. The standard InChI is InChI=1S/C26H22ClNO2S/c27-20-9-7-19(8-10-20)21-12-13-23(29)25-24(21)22(11-6-18-4-2-1-3-5-18)26(31-25)28-14-16-30-17-15-28/h1-5,7-10,21H,12-17H2. The van der Waals surface area contributed by atoms with Crippen LogP contribution in [0.3, 0.4) is 0 Å². The van der Waals surface area contributed by atoms with E-state index >= 15 is 0 Å². The maximum Gasteiger partial charge on any atom is 0.173 e. The summed E-state index contributed by atoms with van der Waals surface area (Å²) in [4.78, 5) is 16.1. The zero-order valence-electron chi connectivity index (χ0n) is 17.1. The molecule has 5 rings (SSSR count). The smallest absolute Gasteiger partial charge is 0.173 e. The van der Waals surface area contributed by atoms with Crippen LogP contribution in [0.25, 0.3) is 0 Å². The van der Waals surface area contributed by atoms with E-state index in [0.717, 1.165) is 51.1 Å². The van der Waals surface area contributed by atoms with E-state index in [9.17, 15) is 4.79 Å². The molecule has 1 aliphatic heterocycles. The Balaban J connectivity index is 1.67. The molecule has 0 amide bonds. The Kier molecular flexibility index (Phi) is 5.82. The maximum atomic E-state index is 12.9. The van der Waals surface area contributed by atoms with Crippen molar-refractivity contribution < 1.29 is 9.53 Å². The summed E-state index contributed by atoms with van der Waals surface area (Å²) in [6.07, 6.45) is 1.36. The highest BCUT2D eigenvalue weighted by atomic mass is 35.5. The normalized spacial score (nSPS) is 18.3. The number of nitrogens with zero attached hydrogens (tertiary/aromatic N) is 1. The van der Waals surface area contributed by atoms with Gasteiger partial charge >= 0.3 is 0 Å². The van der Waals surface area contributed by atoms with Gasteiger partial charge < -0.3 is 9.64 Å². The van der Waals surface area contributed by atoms with Crippen molar-refractivity contribution in [2.75, 3.05) is 31.2 Å². The summed E-state index contributed by atoms with van der Waals surface area (Å²) in [6.45, 7) is 3.03. The van der Waals surface area contributed by atoms with Gasteiger partial charge in [0.25, 0.3) is 0 Å². The first-order chi connectivity index (χ1) is 15.2. The molecule has 0 N–H and O–H groups in total. The predicted molar refractivity (Wildman–Crippen MR) is 127 cm³/mol. The number of hydrogen-bond donors (Lipinski definition) is 0. The fourth-order valence-electron chi connectivity index (χ4n) is 4.30. The van der Waals surface area contributed by atoms with Crippen LogP contribution in [-0.2, 0) is 4.74 Å². The minimum atomic E-state index is 0.149. The number of halogens is 1. The number of carbonyl (C=O) groups excluding carboxylic acids is 1. The zero-order valence-corrected chi connectivity index (χ0v) is 18.6. The molecular weight excluding hydrogens is 426 g/mol. The molecular formula is C26H22ClNO2S. The molecule has 31 heavy (non-hydrogen) atoms. The highest BCUT2D eigenvalue weighted by molar-refractivity contribution is 7.18. The van der Waals surface area contributed by atoms with Gasteiger partial charge in [0.1, 0.15) is 5.00 Å². The number of Topliss-reactive ketones (excluding diaryl/α,β-unsaturated/α-hetero) is 1. The summed E-state index contributed by atoms with van der Waals surface area (Å²) in [5.41, 5.74) is 4.25. The Morgan fingerprint density at radius 2 is 1.74 bits per heavy atom. The molecule has 0 bridgehead atoms. The Morgan fingerprint density at radius 1 is 1.00 bits per heavy atom. The predicted octanol–water partition coefficient (Wildman–Crippen LogP) is 5.75. The fourth-order valence-corrected chi connectivity index (χ4v) is 5.76. The summed E-state index contributed by atoms with van der Waals surface area (Å²) >= 11 is 7.74. The molecule has 1 atom stereocenters. The number of hydrogen-bond acceptors (Lipinski definition) is 4. The lowest BCUT2D eigenvalue weighted by atomic mass is 9.80. The SMILES string of the molecule is O=C1CCC(c2ccc(Cl)cc2)c2c1sc(N1CCOCC1)c2C#Cc1ccccc1. The molecule has 3 nitrogen and oxygen atoms in total. The third kappa shape index (κ3) is 4.14. The summed E-state index contributed by atoms with van der Waals surface area (Å²) < 4.78 is 5.56. The van der Waals surface area contributed by atoms with E-state index < -0.39 is 0 Å². The van der Waals surface area contributed by atoms with Gasteiger partial charge in [-0.2, -0.15) is 0 Å². The molecule has 1 aromatic heterocycles. The number of rotatable bonds is 2. The van der Waals surface area contributed by atoms with Gasteiger partial charge in [-0.15, -0.1) is 11.3 Å². The lowest BCUT2D eigenvalue weighted by Gasteiger charge is -2.28. The minimum Gasteiger partial charge on any atom is -0.378 e. The molecule has 3 aromatic rings. The molecule has 0 spiro atoms. The van der Waals surface area contributed by atoms with Gasteiger partial charge in [-0.05, 0) is 41.8 Å². The van der Waals surface area contributed by atoms with Crippen LogP contribution in [0.5, 0.6) is 0 Å². The molecule has 156 valence electrons. The Morgan fingerprint density at radius 3 is 2.48 bits per heavy atom. The van der Waals surface area contributed by atoms with Crippen LogP contribution in [0, 0.1) is 11.8 Å². The van der Waals surface area contributed by atoms with E-state index in [0.29, 0.717) is 19.6 Å². The van der Waals surface area contributed by atoms with E-state index in [1.807, 2.05) is 42.5 Å². The van der Waals surface area contributed by atoms with Crippen molar-refractivity contribution in [2.45, 2.75) is 18.8 Å². The molecule has 2 heterocycles. The third-order valence-corrected chi connectivity index (χ3v) is 7.42. The average Bonchev–Trinajstić information content (AvgIpc) is 3.20. The number of fused-ring (bicyclic) bond motifs is 1. The molecule has 1 fully saturated rings. The molecule has 5 heteroatoms. The van der Waals surface area contributed by atoms with Crippen molar-refractivity contribution in [3.63, 3.8) is 0 Å². The first-order valence-electron chi connectivity index (χ1n) is 10.6. The molecule has 2 aromatic carbocycles. The van der Waals surface area contributed by atoms with Crippen molar-refractivity contribution in [1.82, 2.24) is 0 Å². The Hall–Kier alpha value is -2.58. The van der Waals surface area contributed by atoms with Crippen LogP contribution in [0.1, 0.15) is 50.7 Å². The maximum absolute atomic E-state index is 12.9. The second-order valence-electron chi connectivity index (χ2n) is 7.81. The van der Waals surface area contributed by atoms with Crippen LogP contribution in [0.15, 0.2) is 54.6 Å². The van der Waals surface area contributed by atoms with Gasteiger partial charge in [-0.25, -0.2) is 0 Å². The molecule has 0 saturated carbocycles. The van der Waals surface area contributed by atoms with E-state index in [1.165, 1.54) is 5.56 Å². The Labute approximate surface area is 191 Å². The number of ketones is 1. The number of carbonyl (C=O) groups is 1. The van der Waals surface area contributed by atoms with Crippen molar-refractivity contribution in [1.29, 1.82) is 0 Å². The first kappa shape index (κ1) is 20.3. The topological polar surface area (TPSA) is 29.5 Å². The van der Waals surface area contributed by atoms with Crippen molar-refractivity contribution in [3.05, 3.63) is 86.8 Å². The third-order valence-electron chi connectivity index (χ3n) is 5.86. The lowest BCUT2D eigenvalue weighted by Crippen LogP contribution is -2.36. The number of benzene rings is 2. The van der Waals surface area contributed by atoms with Crippen LogP contribution in [-0.4, -0.2) is 32.1 Å². The van der Waals surface area contributed by atoms with Gasteiger partial charge in [0.2, 0.25) is 0 Å². The summed E-state index contributed by atoms with van der Waals surface area (Å²) in [5.74, 6) is 7.18. The van der Waals surface area contributed by atoms with Gasteiger partial charge in [-0.3, -0.25) is 4.79 Å². The highest BCUT2D eigenvalue weighted by Crippen LogP contribution is 2.47. The van der Waals surface area contributed by atoms with Crippen LogP contribution >= 0.6 is 22.9 Å². The lowest BCUT2D eigenvalue weighted by molar-refractivity contribution is 0.0974. The second kappa shape index (κ2) is 8.88. The number of thiophene rings is 1. The van der Waals surface area contributed by atoms with E-state index in [-0.39, 0.29) is 11.7 Å². The summed E-state index contributed by atoms with van der Waals surface area (Å²) in [7, 11) is 0. The zero-order chi connectivity index (χ0) is 21.2. The quantitative estimate of drug-likeness (QED) is 0.469. The van der Waals surface area contributed by atoms with Crippen molar-refractivity contribution in [3.8, 4) is 11.8 Å². The number of ether oxygens (including phenoxy) is 1. The van der Waals surface area contributed by atoms with Crippen LogP contribution in [0.4, 0.5) is 5.00 Å². The largest absolute Gasteiger partial charge is 0.378 e. The van der Waals surface area contributed by atoms with Gasteiger partial charge in [-0.1, -0.05) is 53.8 Å². The second-order valence-corrected chi connectivity index (χ2v) is 9.24. The molecule has 2 aliphatic rings. The number of anilines is 1. The van der Waals surface area contributed by atoms with E-state index in [4.69, 9.17) is 16.3 Å². The highest BCUT2D eigenvalue weighted by Gasteiger charge is 2.34. The molecule has 1 saturated heterocycles. The van der Waals surface area contributed by atoms with Gasteiger partial charge in [0.15, 0.2) is 5.78 Å². The van der Waals surface area contributed by atoms with E-state index in [1.54, 1.807) is 11.3 Å². The van der Waals surface area contributed by atoms with E-state index in [2.05, 4.69) is 28.9 Å². The molecule has 1 unspecified atom stereocenters. The van der Waals surface area contributed by atoms with Crippen molar-refractivity contribution >= 4 is 33.7 Å². The summed E-state index contributed by atoms with van der Waals surface area (Å²) in [5, 5.41) is 1.82. The molecule has 1 aliphatic carbocycles. The van der Waals surface area contributed by atoms with Crippen molar-refractivity contribution in [2.24, 2.45) is 0 Å². The fraction of sp³-hybridized carbons (Fsp3) is 0.269. The van der Waals surface area contributed by atoms with Crippen LogP contribution in [0.2, 0.25) is 5.02 Å².